The summed E-state index contributed by atoms with van der Waals surface area (Å²) in [4.78, 5) is 2.28. The maximum Gasteiger partial charge on any atom is 0.0645 e. The summed E-state index contributed by atoms with van der Waals surface area (Å²) in [6.45, 7) is 1.83. The average molecular weight is 285 g/mol. The molecule has 2 aromatic rings. The van der Waals surface area contributed by atoms with Gasteiger partial charge in [-0.1, -0.05) is 24.6 Å². The Bertz CT molecular complexity index is 566. The van der Waals surface area contributed by atoms with Crippen LogP contribution in [0.15, 0.2) is 42.7 Å². The Morgan fingerprint density at radius 1 is 1.29 bits per heavy atom. The molecule has 2 unspecified atom stereocenters. The van der Waals surface area contributed by atoms with Crippen LogP contribution in [0.25, 0.3) is 5.69 Å². The molecule has 0 spiro atoms. The van der Waals surface area contributed by atoms with E-state index in [0.717, 1.165) is 38.0 Å². The van der Waals surface area contributed by atoms with Gasteiger partial charge in [-0.3, -0.25) is 0 Å². The van der Waals surface area contributed by atoms with Crippen LogP contribution in [0.3, 0.4) is 0 Å². The largest absolute Gasteiger partial charge is 0.393 e. The zero-order valence-corrected chi connectivity index (χ0v) is 12.5. The molecule has 112 valence electrons. The van der Waals surface area contributed by atoms with Crippen LogP contribution in [0.4, 0.5) is 0 Å². The van der Waals surface area contributed by atoms with Crippen molar-refractivity contribution in [2.75, 3.05) is 13.6 Å². The minimum atomic E-state index is -0.112. The number of nitrogens with zero attached hydrogens (tertiary/aromatic N) is 3. The van der Waals surface area contributed by atoms with Gasteiger partial charge in [-0.15, -0.1) is 0 Å². The number of rotatable bonds is 5. The standard InChI is InChI=1S/C17H23N3O/c1-19(13-15-6-5-9-17(15)21)11-14-10-18-20(12-14)16-7-3-2-4-8-16/h2-4,7-8,10,12,15,17,21H,5-6,9,11,13H2,1H3. The lowest BCUT2D eigenvalue weighted by molar-refractivity contribution is 0.108. The highest BCUT2D eigenvalue weighted by Gasteiger charge is 2.26. The van der Waals surface area contributed by atoms with E-state index in [1.807, 2.05) is 29.1 Å². The molecule has 0 amide bonds. The molecule has 1 aromatic heterocycles. The molecule has 2 atom stereocenters. The van der Waals surface area contributed by atoms with E-state index in [4.69, 9.17) is 0 Å². The molecule has 1 saturated carbocycles. The molecule has 1 fully saturated rings. The Hall–Kier alpha value is -1.65. The third kappa shape index (κ3) is 3.52. The van der Waals surface area contributed by atoms with E-state index in [9.17, 15) is 5.11 Å². The van der Waals surface area contributed by atoms with Gasteiger partial charge in [-0.05, 0) is 37.9 Å². The monoisotopic (exact) mass is 285 g/mol. The average Bonchev–Trinajstić information content (AvgIpc) is 3.10. The van der Waals surface area contributed by atoms with Crippen LogP contribution in [-0.2, 0) is 6.54 Å². The molecule has 3 rings (SSSR count). The summed E-state index contributed by atoms with van der Waals surface area (Å²) >= 11 is 0. The Labute approximate surface area is 126 Å². The van der Waals surface area contributed by atoms with Crippen molar-refractivity contribution < 1.29 is 5.11 Å². The lowest BCUT2D eigenvalue weighted by Crippen LogP contribution is -2.29. The quantitative estimate of drug-likeness (QED) is 0.917. The number of hydrogen-bond acceptors (Lipinski definition) is 3. The van der Waals surface area contributed by atoms with Gasteiger partial charge in [0.05, 0.1) is 18.0 Å². The first-order chi connectivity index (χ1) is 10.2. The minimum absolute atomic E-state index is 0.112. The SMILES string of the molecule is CN(Cc1cnn(-c2ccccc2)c1)CC1CCCC1O. The zero-order chi connectivity index (χ0) is 14.7. The molecule has 0 aliphatic heterocycles. The van der Waals surface area contributed by atoms with E-state index < -0.39 is 0 Å². The summed E-state index contributed by atoms with van der Waals surface area (Å²) in [5, 5.41) is 14.3. The van der Waals surface area contributed by atoms with Gasteiger partial charge in [-0.25, -0.2) is 4.68 Å². The number of aromatic nitrogens is 2. The smallest absolute Gasteiger partial charge is 0.0645 e. The van der Waals surface area contributed by atoms with Gasteiger partial charge in [0.25, 0.3) is 0 Å². The highest BCUT2D eigenvalue weighted by molar-refractivity contribution is 5.30. The highest BCUT2D eigenvalue weighted by Crippen LogP contribution is 2.26. The molecule has 0 saturated heterocycles. The molecule has 0 radical (unpaired) electrons. The number of benzene rings is 1. The van der Waals surface area contributed by atoms with Crippen LogP contribution >= 0.6 is 0 Å². The van der Waals surface area contributed by atoms with Crippen LogP contribution in [0.2, 0.25) is 0 Å². The molecule has 1 aliphatic rings. The number of para-hydroxylation sites is 1. The molecule has 0 bridgehead atoms. The fourth-order valence-corrected chi connectivity index (χ4v) is 3.17. The van der Waals surface area contributed by atoms with Crippen molar-refractivity contribution in [3.05, 3.63) is 48.3 Å². The van der Waals surface area contributed by atoms with Crippen LogP contribution in [-0.4, -0.2) is 39.5 Å². The lowest BCUT2D eigenvalue weighted by atomic mass is 10.1. The summed E-state index contributed by atoms with van der Waals surface area (Å²) < 4.78 is 1.91. The number of aliphatic hydroxyl groups excluding tert-OH is 1. The predicted octanol–water partition coefficient (Wildman–Crippen LogP) is 2.47. The summed E-state index contributed by atoms with van der Waals surface area (Å²) in [5.74, 6) is 0.430. The first kappa shape index (κ1) is 14.3. The van der Waals surface area contributed by atoms with Crippen LogP contribution in [0.1, 0.15) is 24.8 Å². The Morgan fingerprint density at radius 3 is 2.81 bits per heavy atom. The van der Waals surface area contributed by atoms with Crippen molar-refractivity contribution in [3.8, 4) is 5.69 Å². The van der Waals surface area contributed by atoms with Crippen LogP contribution < -0.4 is 0 Å². The van der Waals surface area contributed by atoms with E-state index in [0.29, 0.717) is 5.92 Å². The molecule has 4 nitrogen and oxygen atoms in total. The van der Waals surface area contributed by atoms with Gasteiger partial charge in [0.2, 0.25) is 0 Å². The second-order valence-corrected chi connectivity index (χ2v) is 6.08. The highest BCUT2D eigenvalue weighted by atomic mass is 16.3. The number of hydrogen-bond donors (Lipinski definition) is 1. The zero-order valence-electron chi connectivity index (χ0n) is 12.5. The molecule has 1 aromatic carbocycles. The van der Waals surface area contributed by atoms with Gasteiger partial charge in [0.1, 0.15) is 0 Å². The van der Waals surface area contributed by atoms with E-state index in [2.05, 4.69) is 35.4 Å². The fourth-order valence-electron chi connectivity index (χ4n) is 3.17. The first-order valence-corrected chi connectivity index (χ1v) is 7.68. The van der Waals surface area contributed by atoms with Gasteiger partial charge >= 0.3 is 0 Å². The Morgan fingerprint density at radius 2 is 2.10 bits per heavy atom. The molecule has 1 N–H and O–H groups in total. The van der Waals surface area contributed by atoms with Crippen molar-refractivity contribution in [1.82, 2.24) is 14.7 Å². The summed E-state index contributed by atoms with van der Waals surface area (Å²) in [7, 11) is 2.12. The van der Waals surface area contributed by atoms with Gasteiger partial charge in [0.15, 0.2) is 0 Å². The van der Waals surface area contributed by atoms with E-state index in [1.165, 1.54) is 5.56 Å². The molecule has 1 aliphatic carbocycles. The maximum atomic E-state index is 9.91. The maximum absolute atomic E-state index is 9.91. The Balaban J connectivity index is 1.59. The molecular weight excluding hydrogens is 262 g/mol. The van der Waals surface area contributed by atoms with Crippen LogP contribution in [0, 0.1) is 5.92 Å². The second kappa shape index (κ2) is 6.41. The van der Waals surface area contributed by atoms with Crippen molar-refractivity contribution >= 4 is 0 Å². The van der Waals surface area contributed by atoms with E-state index >= 15 is 0 Å². The van der Waals surface area contributed by atoms with Crippen LogP contribution in [0.5, 0.6) is 0 Å². The van der Waals surface area contributed by atoms with Gasteiger partial charge in [-0.2, -0.15) is 5.10 Å². The normalized spacial score (nSPS) is 22.0. The summed E-state index contributed by atoms with van der Waals surface area (Å²) in [5.41, 5.74) is 2.28. The fraction of sp³-hybridized carbons (Fsp3) is 0.471. The lowest BCUT2D eigenvalue weighted by Gasteiger charge is -2.22. The van der Waals surface area contributed by atoms with E-state index in [1.54, 1.807) is 0 Å². The second-order valence-electron chi connectivity index (χ2n) is 6.08. The first-order valence-electron chi connectivity index (χ1n) is 7.68. The topological polar surface area (TPSA) is 41.3 Å². The van der Waals surface area contributed by atoms with Gasteiger partial charge in [0, 0.05) is 24.8 Å². The number of aliphatic hydroxyl groups is 1. The minimum Gasteiger partial charge on any atom is -0.393 e. The van der Waals surface area contributed by atoms with Crippen molar-refractivity contribution in [1.29, 1.82) is 0 Å². The van der Waals surface area contributed by atoms with E-state index in [-0.39, 0.29) is 6.10 Å². The summed E-state index contributed by atoms with van der Waals surface area (Å²) in [6.07, 6.45) is 7.16. The molecular formula is C17H23N3O. The Kier molecular flexibility index (Phi) is 4.36. The third-order valence-corrected chi connectivity index (χ3v) is 4.27. The van der Waals surface area contributed by atoms with Crippen molar-refractivity contribution in [2.24, 2.45) is 5.92 Å². The van der Waals surface area contributed by atoms with Crippen molar-refractivity contribution in [3.63, 3.8) is 0 Å². The third-order valence-electron chi connectivity index (χ3n) is 4.27. The predicted molar refractivity (Wildman–Crippen MR) is 83.2 cm³/mol. The molecule has 21 heavy (non-hydrogen) atoms. The summed E-state index contributed by atoms with van der Waals surface area (Å²) in [6, 6.07) is 10.1. The van der Waals surface area contributed by atoms with Crippen molar-refractivity contribution in [2.45, 2.75) is 31.9 Å². The molecule has 4 heteroatoms. The molecule has 1 heterocycles. The van der Waals surface area contributed by atoms with Gasteiger partial charge < -0.3 is 10.0 Å².